The fourth-order valence-corrected chi connectivity index (χ4v) is 4.12. The summed E-state index contributed by atoms with van der Waals surface area (Å²) in [5, 5.41) is 11.9. The molecule has 0 aromatic heterocycles. The van der Waals surface area contributed by atoms with Gasteiger partial charge >= 0.3 is 5.97 Å². The molecule has 1 aliphatic carbocycles. The summed E-state index contributed by atoms with van der Waals surface area (Å²) in [6, 6.07) is 5.65. The number of methoxy groups -OCH3 is 2. The molecule has 7 nitrogen and oxygen atoms in total. The lowest BCUT2D eigenvalue weighted by molar-refractivity contribution is -0.384. The van der Waals surface area contributed by atoms with Crippen molar-refractivity contribution in [1.29, 1.82) is 0 Å². The van der Waals surface area contributed by atoms with Crippen molar-refractivity contribution < 1.29 is 19.2 Å². The first-order valence-electron chi connectivity index (χ1n) is 10.4. The van der Waals surface area contributed by atoms with Gasteiger partial charge in [-0.15, -0.1) is 0 Å². The molecular weight excluding hydrogens is 372 g/mol. The van der Waals surface area contributed by atoms with Crippen LogP contribution in [0.5, 0.6) is 0 Å². The van der Waals surface area contributed by atoms with E-state index in [-0.39, 0.29) is 41.1 Å². The van der Waals surface area contributed by atoms with Crippen LogP contribution in [-0.2, 0) is 14.3 Å². The molecular formula is C22H34N2O5. The Bertz CT molecular complexity index is 698. The van der Waals surface area contributed by atoms with Crippen LogP contribution in [0.2, 0.25) is 0 Å². The van der Waals surface area contributed by atoms with E-state index in [1.165, 1.54) is 7.11 Å². The SMILES string of the molecule is COC(=O)C[C@@H](C)c1ccc(N(CC(C)C)[C@H]2CC[C@H](OC)CC2)c([N+](=O)[O-])c1. The second kappa shape index (κ2) is 10.6. The minimum Gasteiger partial charge on any atom is -0.469 e. The zero-order chi connectivity index (χ0) is 21.6. The Hall–Kier alpha value is -2.15. The van der Waals surface area contributed by atoms with Gasteiger partial charge in [0.2, 0.25) is 0 Å². The summed E-state index contributed by atoms with van der Waals surface area (Å²) in [4.78, 5) is 25.4. The summed E-state index contributed by atoms with van der Waals surface area (Å²) >= 11 is 0. The normalized spacial score (nSPS) is 20.3. The van der Waals surface area contributed by atoms with Gasteiger partial charge in [-0.3, -0.25) is 14.9 Å². The van der Waals surface area contributed by atoms with Crippen molar-refractivity contribution in [3.63, 3.8) is 0 Å². The molecule has 1 fully saturated rings. The summed E-state index contributed by atoms with van der Waals surface area (Å²) in [6.07, 6.45) is 4.34. The van der Waals surface area contributed by atoms with E-state index in [0.717, 1.165) is 37.8 Å². The predicted molar refractivity (Wildman–Crippen MR) is 113 cm³/mol. The van der Waals surface area contributed by atoms with Gasteiger partial charge in [-0.05, 0) is 49.1 Å². The maximum absolute atomic E-state index is 11.9. The largest absolute Gasteiger partial charge is 0.469 e. The van der Waals surface area contributed by atoms with E-state index in [2.05, 4.69) is 18.7 Å². The number of nitro benzene ring substituents is 1. The molecule has 29 heavy (non-hydrogen) atoms. The molecule has 162 valence electrons. The van der Waals surface area contributed by atoms with Crippen LogP contribution in [0.3, 0.4) is 0 Å². The number of nitro groups is 1. The average Bonchev–Trinajstić information content (AvgIpc) is 2.71. The highest BCUT2D eigenvalue weighted by molar-refractivity contribution is 5.71. The molecule has 1 atom stereocenters. The smallest absolute Gasteiger partial charge is 0.306 e. The number of anilines is 1. The Labute approximate surface area is 173 Å². The van der Waals surface area contributed by atoms with Crippen molar-refractivity contribution in [2.45, 2.75) is 70.9 Å². The van der Waals surface area contributed by atoms with E-state index in [1.807, 2.05) is 19.1 Å². The number of hydrogen-bond donors (Lipinski definition) is 0. The van der Waals surface area contributed by atoms with Crippen LogP contribution in [-0.4, -0.2) is 43.8 Å². The molecule has 0 saturated heterocycles. The number of carbonyl (C=O) groups excluding carboxylic acids is 1. The second-order valence-electron chi connectivity index (χ2n) is 8.40. The van der Waals surface area contributed by atoms with Gasteiger partial charge in [0.25, 0.3) is 5.69 Å². The van der Waals surface area contributed by atoms with Crippen LogP contribution in [0.15, 0.2) is 18.2 Å². The second-order valence-corrected chi connectivity index (χ2v) is 8.40. The molecule has 1 aromatic carbocycles. The number of esters is 1. The van der Waals surface area contributed by atoms with Crippen molar-refractivity contribution in [2.24, 2.45) is 5.92 Å². The molecule has 0 radical (unpaired) electrons. The van der Waals surface area contributed by atoms with E-state index in [1.54, 1.807) is 13.2 Å². The molecule has 1 saturated carbocycles. The lowest BCUT2D eigenvalue weighted by atomic mass is 9.90. The van der Waals surface area contributed by atoms with Crippen LogP contribution in [0.25, 0.3) is 0 Å². The molecule has 0 aliphatic heterocycles. The Balaban J connectivity index is 2.34. The van der Waals surface area contributed by atoms with E-state index in [4.69, 9.17) is 9.47 Å². The van der Waals surface area contributed by atoms with Crippen molar-refractivity contribution in [3.05, 3.63) is 33.9 Å². The number of hydrogen-bond acceptors (Lipinski definition) is 6. The highest BCUT2D eigenvalue weighted by Crippen LogP contribution is 2.37. The number of benzene rings is 1. The number of ether oxygens (including phenoxy) is 2. The molecule has 0 bridgehead atoms. The molecule has 0 unspecified atom stereocenters. The Kier molecular flexibility index (Phi) is 8.44. The third kappa shape index (κ3) is 6.16. The van der Waals surface area contributed by atoms with Crippen molar-refractivity contribution in [2.75, 3.05) is 25.7 Å². The molecule has 1 aromatic rings. The lowest BCUT2D eigenvalue weighted by Crippen LogP contribution is -2.41. The quantitative estimate of drug-likeness (QED) is 0.336. The third-order valence-corrected chi connectivity index (χ3v) is 5.75. The van der Waals surface area contributed by atoms with Crippen molar-refractivity contribution in [3.8, 4) is 0 Å². The van der Waals surface area contributed by atoms with Crippen LogP contribution in [0.1, 0.15) is 64.4 Å². The van der Waals surface area contributed by atoms with E-state index < -0.39 is 0 Å². The Morgan fingerprint density at radius 1 is 1.21 bits per heavy atom. The number of carbonyl (C=O) groups is 1. The number of rotatable bonds is 9. The molecule has 0 N–H and O–H groups in total. The summed E-state index contributed by atoms with van der Waals surface area (Å²) in [7, 11) is 3.10. The highest BCUT2D eigenvalue weighted by atomic mass is 16.6. The van der Waals surface area contributed by atoms with Gasteiger partial charge in [-0.2, -0.15) is 0 Å². The summed E-state index contributed by atoms with van der Waals surface area (Å²) in [5.41, 5.74) is 1.55. The van der Waals surface area contributed by atoms with Crippen molar-refractivity contribution >= 4 is 17.3 Å². The molecule has 0 heterocycles. The zero-order valence-corrected chi connectivity index (χ0v) is 18.2. The minimum absolute atomic E-state index is 0.105. The fourth-order valence-electron chi connectivity index (χ4n) is 4.12. The summed E-state index contributed by atoms with van der Waals surface area (Å²) < 4.78 is 10.2. The molecule has 0 spiro atoms. The van der Waals surface area contributed by atoms with Gasteiger partial charge in [0.05, 0.1) is 24.6 Å². The maximum atomic E-state index is 11.9. The Morgan fingerprint density at radius 2 is 1.86 bits per heavy atom. The lowest BCUT2D eigenvalue weighted by Gasteiger charge is -2.39. The van der Waals surface area contributed by atoms with E-state index >= 15 is 0 Å². The van der Waals surface area contributed by atoms with Gasteiger partial charge in [0.15, 0.2) is 0 Å². The summed E-state index contributed by atoms with van der Waals surface area (Å²) in [6.45, 7) is 6.91. The topological polar surface area (TPSA) is 81.9 Å². The molecule has 0 amide bonds. The monoisotopic (exact) mass is 406 g/mol. The third-order valence-electron chi connectivity index (χ3n) is 5.75. The standard InChI is InChI=1S/C22H34N2O5/c1-15(2)14-23(18-7-9-19(28-4)10-8-18)20-11-6-17(13-21(20)24(26)27)16(3)12-22(25)29-5/h6,11,13,15-16,18-19H,7-10,12,14H2,1-5H3/t16-,18-,19-/m1/s1. The minimum atomic E-state index is -0.319. The van der Waals surface area contributed by atoms with E-state index in [0.29, 0.717) is 11.6 Å². The maximum Gasteiger partial charge on any atom is 0.306 e. The first-order chi connectivity index (χ1) is 13.8. The van der Waals surface area contributed by atoms with Gasteiger partial charge in [-0.25, -0.2) is 0 Å². The molecule has 2 rings (SSSR count). The van der Waals surface area contributed by atoms with E-state index in [9.17, 15) is 14.9 Å². The van der Waals surface area contributed by atoms with Gasteiger partial charge in [0, 0.05) is 25.8 Å². The fraction of sp³-hybridized carbons (Fsp3) is 0.682. The van der Waals surface area contributed by atoms with Crippen molar-refractivity contribution in [1.82, 2.24) is 0 Å². The predicted octanol–water partition coefficient (Wildman–Crippen LogP) is 4.68. The average molecular weight is 407 g/mol. The summed E-state index contributed by atoms with van der Waals surface area (Å²) in [5.74, 6) is -0.0841. The first kappa shape index (κ1) is 23.1. The highest BCUT2D eigenvalue weighted by Gasteiger charge is 2.30. The van der Waals surface area contributed by atoms with Gasteiger partial charge in [0.1, 0.15) is 5.69 Å². The number of nitrogens with zero attached hydrogens (tertiary/aromatic N) is 2. The zero-order valence-electron chi connectivity index (χ0n) is 18.2. The first-order valence-corrected chi connectivity index (χ1v) is 10.4. The van der Waals surface area contributed by atoms with Crippen LogP contribution in [0.4, 0.5) is 11.4 Å². The molecule has 1 aliphatic rings. The van der Waals surface area contributed by atoms with Gasteiger partial charge in [-0.1, -0.05) is 26.8 Å². The van der Waals surface area contributed by atoms with Crippen LogP contribution >= 0.6 is 0 Å². The Morgan fingerprint density at radius 3 is 2.38 bits per heavy atom. The van der Waals surface area contributed by atoms with Crippen LogP contribution < -0.4 is 4.90 Å². The van der Waals surface area contributed by atoms with Crippen LogP contribution in [0, 0.1) is 16.0 Å². The molecule has 7 heteroatoms. The van der Waals surface area contributed by atoms with Gasteiger partial charge < -0.3 is 14.4 Å².